The van der Waals surface area contributed by atoms with Crippen molar-refractivity contribution >= 4 is 32.9 Å². The maximum atomic E-state index is 13.8. The number of nitrogens with zero attached hydrogens (tertiary/aromatic N) is 2. The number of carbonyl (C=O) groups is 2. The van der Waals surface area contributed by atoms with E-state index in [1.165, 1.54) is 4.90 Å². The zero-order chi connectivity index (χ0) is 30.9. The highest BCUT2D eigenvalue weighted by molar-refractivity contribution is 7.90. The highest BCUT2D eigenvalue weighted by Gasteiger charge is 2.31. The van der Waals surface area contributed by atoms with Gasteiger partial charge in [-0.25, -0.2) is 18.2 Å². The molecule has 3 N–H and O–H groups in total. The Balaban J connectivity index is 1.36. The van der Waals surface area contributed by atoms with Gasteiger partial charge in [-0.05, 0) is 42.2 Å². The van der Waals surface area contributed by atoms with Crippen LogP contribution in [-0.4, -0.2) is 79.5 Å². The van der Waals surface area contributed by atoms with Crippen LogP contribution in [0.25, 0.3) is 11.1 Å². The number of para-hydroxylation sites is 3. The number of benzene rings is 3. The van der Waals surface area contributed by atoms with Gasteiger partial charge in [-0.3, -0.25) is 4.79 Å². The van der Waals surface area contributed by atoms with Gasteiger partial charge in [-0.2, -0.15) is 0 Å². The SMILES string of the molecule is O=C(NC(CCc1ccccc1O)Cc1nc2ccccc2o1)[C@@H](CS(=O)(=O)Cc1ccccc1)NC(=O)N1CCOCC1. The molecule has 0 radical (unpaired) electrons. The third-order valence-electron chi connectivity index (χ3n) is 7.42. The zero-order valence-electron chi connectivity index (χ0n) is 24.2. The van der Waals surface area contributed by atoms with Crippen LogP contribution in [0.3, 0.4) is 0 Å². The van der Waals surface area contributed by atoms with Crippen molar-refractivity contribution in [2.24, 2.45) is 0 Å². The molecule has 12 heteroatoms. The van der Waals surface area contributed by atoms with Crippen molar-refractivity contribution in [3.05, 3.63) is 95.9 Å². The second kappa shape index (κ2) is 14.4. The second-order valence-electron chi connectivity index (χ2n) is 10.8. The summed E-state index contributed by atoms with van der Waals surface area (Å²) >= 11 is 0. The molecule has 5 rings (SSSR count). The van der Waals surface area contributed by atoms with Gasteiger partial charge in [-0.1, -0.05) is 60.7 Å². The van der Waals surface area contributed by atoms with Crippen molar-refractivity contribution in [3.8, 4) is 5.75 Å². The van der Waals surface area contributed by atoms with E-state index in [2.05, 4.69) is 15.6 Å². The molecule has 2 heterocycles. The highest BCUT2D eigenvalue weighted by Crippen LogP contribution is 2.21. The molecule has 1 aliphatic heterocycles. The number of urea groups is 1. The number of morpholine rings is 1. The summed E-state index contributed by atoms with van der Waals surface area (Å²) in [5, 5.41) is 15.9. The van der Waals surface area contributed by atoms with Crippen LogP contribution in [0.2, 0.25) is 0 Å². The van der Waals surface area contributed by atoms with Crippen LogP contribution in [0.4, 0.5) is 4.79 Å². The first-order valence-corrected chi connectivity index (χ1v) is 16.4. The quantitative estimate of drug-likeness (QED) is 0.219. The monoisotopic (exact) mass is 620 g/mol. The smallest absolute Gasteiger partial charge is 0.318 e. The summed E-state index contributed by atoms with van der Waals surface area (Å²) in [7, 11) is -3.81. The van der Waals surface area contributed by atoms with E-state index in [1.54, 1.807) is 54.6 Å². The Bertz CT molecular complexity index is 1640. The molecule has 0 aliphatic carbocycles. The number of phenolic OH excluding ortho intramolecular Hbond substituents is 1. The average Bonchev–Trinajstić information content (AvgIpc) is 3.43. The first kappa shape index (κ1) is 31.0. The number of aryl methyl sites for hydroxylation is 1. The van der Waals surface area contributed by atoms with E-state index in [4.69, 9.17) is 9.15 Å². The minimum absolute atomic E-state index is 0.141. The molecule has 1 saturated heterocycles. The molecule has 232 valence electrons. The Labute approximate surface area is 256 Å². The zero-order valence-corrected chi connectivity index (χ0v) is 25.0. The molecule has 0 saturated carbocycles. The van der Waals surface area contributed by atoms with Crippen LogP contribution in [0, 0.1) is 0 Å². The number of hydrogen-bond donors (Lipinski definition) is 3. The molecule has 1 unspecified atom stereocenters. The number of oxazole rings is 1. The molecular formula is C32H36N4O7S. The number of ether oxygens (including phenoxy) is 1. The van der Waals surface area contributed by atoms with Crippen molar-refractivity contribution in [1.29, 1.82) is 0 Å². The Hall–Kier alpha value is -4.42. The normalized spacial score (nSPS) is 15.0. The van der Waals surface area contributed by atoms with Gasteiger partial charge in [0.2, 0.25) is 5.91 Å². The fourth-order valence-corrected chi connectivity index (χ4v) is 6.69. The molecule has 3 amide bonds. The summed E-state index contributed by atoms with van der Waals surface area (Å²) in [6.45, 7) is 1.38. The summed E-state index contributed by atoms with van der Waals surface area (Å²) in [6.07, 6.45) is 1.03. The third kappa shape index (κ3) is 8.57. The number of fused-ring (bicyclic) bond motifs is 1. The van der Waals surface area contributed by atoms with Crippen molar-refractivity contribution < 1.29 is 32.3 Å². The Morgan fingerprint density at radius 2 is 1.64 bits per heavy atom. The van der Waals surface area contributed by atoms with Gasteiger partial charge >= 0.3 is 6.03 Å². The van der Waals surface area contributed by atoms with Crippen LogP contribution in [0.1, 0.15) is 23.4 Å². The second-order valence-corrected chi connectivity index (χ2v) is 12.9. The Morgan fingerprint density at radius 1 is 0.932 bits per heavy atom. The van der Waals surface area contributed by atoms with E-state index < -0.39 is 39.6 Å². The lowest BCUT2D eigenvalue weighted by Gasteiger charge is -2.29. The average molecular weight is 621 g/mol. The lowest BCUT2D eigenvalue weighted by Crippen LogP contribution is -2.57. The largest absolute Gasteiger partial charge is 0.508 e. The van der Waals surface area contributed by atoms with Crippen molar-refractivity contribution in [2.45, 2.75) is 37.1 Å². The molecule has 11 nitrogen and oxygen atoms in total. The Morgan fingerprint density at radius 3 is 2.39 bits per heavy atom. The number of aromatic nitrogens is 1. The molecule has 1 fully saturated rings. The van der Waals surface area contributed by atoms with Crippen molar-refractivity contribution in [1.82, 2.24) is 20.5 Å². The molecule has 1 aliphatic rings. The summed E-state index contributed by atoms with van der Waals surface area (Å²) in [6, 6.07) is 20.5. The third-order valence-corrected chi connectivity index (χ3v) is 9.04. The Kier molecular flexibility index (Phi) is 10.1. The number of aromatic hydroxyl groups is 1. The number of rotatable bonds is 12. The van der Waals surface area contributed by atoms with Gasteiger partial charge in [0.15, 0.2) is 21.3 Å². The number of phenols is 1. The van der Waals surface area contributed by atoms with Gasteiger partial charge in [0.25, 0.3) is 0 Å². The van der Waals surface area contributed by atoms with Crippen LogP contribution in [0.15, 0.2) is 83.3 Å². The van der Waals surface area contributed by atoms with E-state index in [-0.39, 0.29) is 17.9 Å². The van der Waals surface area contributed by atoms with Crippen molar-refractivity contribution in [2.75, 3.05) is 32.1 Å². The summed E-state index contributed by atoms with van der Waals surface area (Å²) < 4.78 is 37.8. The maximum absolute atomic E-state index is 13.8. The first-order chi connectivity index (χ1) is 21.3. The van der Waals surface area contributed by atoms with Crippen molar-refractivity contribution in [3.63, 3.8) is 0 Å². The highest BCUT2D eigenvalue weighted by atomic mass is 32.2. The number of nitrogens with one attached hydrogen (secondary N) is 2. The van der Waals surface area contributed by atoms with Gasteiger partial charge < -0.3 is 29.8 Å². The fraction of sp³-hybridized carbons (Fsp3) is 0.344. The number of amides is 3. The molecule has 3 aromatic carbocycles. The molecule has 0 spiro atoms. The van der Waals surface area contributed by atoms with E-state index in [0.717, 1.165) is 0 Å². The maximum Gasteiger partial charge on any atom is 0.318 e. The molecule has 2 atom stereocenters. The van der Waals surface area contributed by atoms with Crippen LogP contribution in [0.5, 0.6) is 5.75 Å². The van der Waals surface area contributed by atoms with Gasteiger partial charge in [0.05, 0.1) is 24.7 Å². The number of sulfone groups is 1. The van der Waals surface area contributed by atoms with E-state index in [9.17, 15) is 23.1 Å². The summed E-state index contributed by atoms with van der Waals surface area (Å²) in [5.74, 6) is -0.952. The predicted octanol–water partition coefficient (Wildman–Crippen LogP) is 3.22. The fourth-order valence-electron chi connectivity index (χ4n) is 5.13. The van der Waals surface area contributed by atoms with Crippen LogP contribution >= 0.6 is 0 Å². The molecule has 4 aromatic rings. The van der Waals surface area contributed by atoms with Gasteiger partial charge in [0.1, 0.15) is 17.3 Å². The summed E-state index contributed by atoms with van der Waals surface area (Å²) in [5.41, 5.74) is 2.57. The van der Waals surface area contributed by atoms with E-state index in [0.29, 0.717) is 67.3 Å². The number of hydrogen-bond acceptors (Lipinski definition) is 8. The lowest BCUT2D eigenvalue weighted by molar-refractivity contribution is -0.123. The molecule has 0 bridgehead atoms. The van der Waals surface area contributed by atoms with Crippen LogP contribution in [-0.2, 0) is 38.0 Å². The topological polar surface area (TPSA) is 151 Å². The van der Waals surface area contributed by atoms with E-state index >= 15 is 0 Å². The molecule has 1 aromatic heterocycles. The van der Waals surface area contributed by atoms with Gasteiger partial charge in [0, 0.05) is 25.6 Å². The number of carbonyl (C=O) groups excluding carboxylic acids is 2. The summed E-state index contributed by atoms with van der Waals surface area (Å²) in [4.78, 5) is 33.0. The molecular weight excluding hydrogens is 584 g/mol. The van der Waals surface area contributed by atoms with E-state index in [1.807, 2.05) is 24.3 Å². The molecule has 44 heavy (non-hydrogen) atoms. The van der Waals surface area contributed by atoms with Crippen LogP contribution < -0.4 is 10.6 Å². The minimum Gasteiger partial charge on any atom is -0.508 e. The standard InChI is InChI=1S/C32H36N4O7S/c37-28-12-6-4-10-24(28)14-15-25(20-30-34-26-11-5-7-13-29(26)43-30)33-31(38)27(35-32(39)36-16-18-42-19-17-36)22-44(40,41)21-23-8-2-1-3-9-23/h1-13,25,27,37H,14-22H2,(H,33,38)(H,35,39)/t25?,27-/m1/s1. The predicted molar refractivity (Wildman–Crippen MR) is 165 cm³/mol. The lowest BCUT2D eigenvalue weighted by atomic mass is 10.0. The van der Waals surface area contributed by atoms with Gasteiger partial charge in [-0.15, -0.1) is 0 Å². The minimum atomic E-state index is -3.81. The first-order valence-electron chi connectivity index (χ1n) is 14.5.